The lowest BCUT2D eigenvalue weighted by Gasteiger charge is -2.23. The third-order valence-electron chi connectivity index (χ3n) is 3.47. The van der Waals surface area contributed by atoms with Crippen LogP contribution in [0.3, 0.4) is 0 Å². The van der Waals surface area contributed by atoms with Crippen LogP contribution < -0.4 is 10.6 Å². The van der Waals surface area contributed by atoms with E-state index in [1.54, 1.807) is 7.05 Å². The predicted octanol–water partition coefficient (Wildman–Crippen LogP) is 2.39. The summed E-state index contributed by atoms with van der Waals surface area (Å²) in [5, 5.41) is 6.15. The summed E-state index contributed by atoms with van der Waals surface area (Å²) in [6.45, 7) is 7.93. The summed E-state index contributed by atoms with van der Waals surface area (Å²) in [7, 11) is 3.78. The van der Waals surface area contributed by atoms with E-state index in [0.717, 1.165) is 12.5 Å². The Labute approximate surface area is 157 Å². The maximum Gasteiger partial charge on any atom is 0.222 e. The zero-order chi connectivity index (χ0) is 16.5. The van der Waals surface area contributed by atoms with Gasteiger partial charge < -0.3 is 15.5 Å². The lowest BCUT2D eigenvalue weighted by Crippen LogP contribution is -2.42. The first-order chi connectivity index (χ1) is 10.5. The van der Waals surface area contributed by atoms with Crippen LogP contribution in [0.4, 0.5) is 0 Å². The van der Waals surface area contributed by atoms with E-state index in [4.69, 9.17) is 0 Å². The molecule has 0 aliphatic carbocycles. The quantitative estimate of drug-likeness (QED) is 0.314. The van der Waals surface area contributed by atoms with Crippen LogP contribution in [0.25, 0.3) is 0 Å². The first-order valence-electron chi connectivity index (χ1n) is 7.69. The summed E-state index contributed by atoms with van der Waals surface area (Å²) in [5.41, 5.74) is 2.55. The fourth-order valence-electron chi connectivity index (χ4n) is 2.07. The zero-order valence-corrected chi connectivity index (χ0v) is 17.0. The molecule has 1 aromatic rings. The molecule has 0 bridgehead atoms. The molecular formula is C17H29IN4O. The monoisotopic (exact) mass is 432 g/mol. The van der Waals surface area contributed by atoms with Crippen molar-refractivity contribution in [2.24, 2.45) is 10.9 Å². The van der Waals surface area contributed by atoms with Crippen LogP contribution in [0.5, 0.6) is 0 Å². The van der Waals surface area contributed by atoms with Gasteiger partial charge in [0.1, 0.15) is 0 Å². The van der Waals surface area contributed by atoms with E-state index in [1.165, 1.54) is 11.1 Å². The van der Waals surface area contributed by atoms with Crippen LogP contribution in [-0.4, -0.2) is 44.0 Å². The maximum atomic E-state index is 11.5. The molecule has 0 aromatic heterocycles. The van der Waals surface area contributed by atoms with Crippen molar-refractivity contribution in [3.8, 4) is 0 Å². The number of aryl methyl sites for hydroxylation is 1. The molecule has 0 spiro atoms. The Kier molecular flexibility index (Phi) is 10.6. The summed E-state index contributed by atoms with van der Waals surface area (Å²) >= 11 is 0. The van der Waals surface area contributed by atoms with Crippen molar-refractivity contribution >= 4 is 35.8 Å². The minimum absolute atomic E-state index is 0. The number of hydrogen-bond acceptors (Lipinski definition) is 2. The average molecular weight is 432 g/mol. The number of benzene rings is 1. The number of nitrogens with zero attached hydrogens (tertiary/aromatic N) is 2. The molecule has 5 nitrogen and oxygen atoms in total. The van der Waals surface area contributed by atoms with E-state index in [-0.39, 0.29) is 35.8 Å². The number of halogens is 1. The number of rotatable bonds is 6. The number of hydrogen-bond donors (Lipinski definition) is 2. The van der Waals surface area contributed by atoms with Crippen molar-refractivity contribution in [1.82, 2.24) is 15.5 Å². The van der Waals surface area contributed by atoms with Crippen LogP contribution in [0.1, 0.15) is 25.0 Å². The molecule has 130 valence electrons. The standard InChI is InChI=1S/C17H28N4O.HI/c1-13(2)16(22)19-10-11-20-17(18-4)21(5)12-15-9-7-6-8-14(15)3;/h6-9,13H,10-12H2,1-5H3,(H,18,20)(H,19,22);1H. The number of aliphatic imine (C=N–C) groups is 1. The molecule has 0 atom stereocenters. The normalized spacial score (nSPS) is 11.0. The highest BCUT2D eigenvalue weighted by Gasteiger charge is 2.08. The Morgan fingerprint density at radius 2 is 1.83 bits per heavy atom. The minimum atomic E-state index is 0. The van der Waals surface area contributed by atoms with Crippen LogP contribution in [-0.2, 0) is 11.3 Å². The fourth-order valence-corrected chi connectivity index (χ4v) is 2.07. The van der Waals surface area contributed by atoms with Gasteiger partial charge in [-0.2, -0.15) is 0 Å². The molecule has 0 unspecified atom stereocenters. The van der Waals surface area contributed by atoms with E-state index >= 15 is 0 Å². The van der Waals surface area contributed by atoms with Gasteiger partial charge in [0, 0.05) is 39.6 Å². The molecule has 0 saturated heterocycles. The van der Waals surface area contributed by atoms with Crippen molar-refractivity contribution in [1.29, 1.82) is 0 Å². The van der Waals surface area contributed by atoms with Gasteiger partial charge in [-0.15, -0.1) is 24.0 Å². The third kappa shape index (κ3) is 7.67. The van der Waals surface area contributed by atoms with Crippen LogP contribution in [0.15, 0.2) is 29.3 Å². The Morgan fingerprint density at radius 3 is 2.39 bits per heavy atom. The fraction of sp³-hybridized carbons (Fsp3) is 0.529. The number of carbonyl (C=O) groups excluding carboxylic acids is 1. The summed E-state index contributed by atoms with van der Waals surface area (Å²) in [5.74, 6) is 0.912. The highest BCUT2D eigenvalue weighted by Crippen LogP contribution is 2.09. The first kappa shape index (κ1) is 21.7. The zero-order valence-electron chi connectivity index (χ0n) is 14.7. The number of amides is 1. The Morgan fingerprint density at radius 1 is 1.22 bits per heavy atom. The molecule has 0 aliphatic heterocycles. The molecule has 0 radical (unpaired) electrons. The molecule has 0 heterocycles. The summed E-state index contributed by atoms with van der Waals surface area (Å²) < 4.78 is 0. The van der Waals surface area contributed by atoms with Gasteiger partial charge in [0.15, 0.2) is 5.96 Å². The van der Waals surface area contributed by atoms with E-state index < -0.39 is 0 Å². The van der Waals surface area contributed by atoms with E-state index in [9.17, 15) is 4.79 Å². The maximum absolute atomic E-state index is 11.5. The van der Waals surface area contributed by atoms with Crippen LogP contribution in [0.2, 0.25) is 0 Å². The second-order valence-electron chi connectivity index (χ2n) is 5.70. The van der Waals surface area contributed by atoms with Crippen molar-refractivity contribution in [2.75, 3.05) is 27.2 Å². The van der Waals surface area contributed by atoms with E-state index in [2.05, 4.69) is 39.6 Å². The summed E-state index contributed by atoms with van der Waals surface area (Å²) in [6, 6.07) is 8.33. The number of carbonyl (C=O) groups is 1. The van der Waals surface area contributed by atoms with E-state index in [0.29, 0.717) is 13.1 Å². The molecule has 0 saturated carbocycles. The predicted molar refractivity (Wildman–Crippen MR) is 107 cm³/mol. The topological polar surface area (TPSA) is 56.7 Å². The third-order valence-corrected chi connectivity index (χ3v) is 3.47. The van der Waals surface area contributed by atoms with Gasteiger partial charge in [-0.3, -0.25) is 9.79 Å². The van der Waals surface area contributed by atoms with Crippen molar-refractivity contribution in [2.45, 2.75) is 27.3 Å². The molecule has 1 aromatic carbocycles. The Bertz CT molecular complexity index is 517. The van der Waals surface area contributed by atoms with Crippen molar-refractivity contribution in [3.05, 3.63) is 35.4 Å². The van der Waals surface area contributed by atoms with Crippen LogP contribution in [0, 0.1) is 12.8 Å². The molecule has 6 heteroatoms. The number of nitrogens with one attached hydrogen (secondary N) is 2. The van der Waals surface area contributed by atoms with Crippen molar-refractivity contribution < 1.29 is 4.79 Å². The van der Waals surface area contributed by atoms with Crippen LogP contribution >= 0.6 is 24.0 Å². The number of guanidine groups is 1. The smallest absolute Gasteiger partial charge is 0.222 e. The lowest BCUT2D eigenvalue weighted by atomic mass is 10.1. The Balaban J connectivity index is 0.00000484. The second-order valence-corrected chi connectivity index (χ2v) is 5.70. The molecule has 2 N–H and O–H groups in total. The first-order valence-corrected chi connectivity index (χ1v) is 7.69. The molecule has 0 aliphatic rings. The van der Waals surface area contributed by atoms with Gasteiger partial charge in [-0.1, -0.05) is 38.1 Å². The van der Waals surface area contributed by atoms with Gasteiger partial charge >= 0.3 is 0 Å². The summed E-state index contributed by atoms with van der Waals surface area (Å²) in [6.07, 6.45) is 0. The molecular weight excluding hydrogens is 403 g/mol. The van der Waals surface area contributed by atoms with Gasteiger partial charge in [-0.25, -0.2) is 0 Å². The Hall–Kier alpha value is -1.31. The highest BCUT2D eigenvalue weighted by molar-refractivity contribution is 14.0. The van der Waals surface area contributed by atoms with Gasteiger partial charge in [0.2, 0.25) is 5.91 Å². The van der Waals surface area contributed by atoms with Gasteiger partial charge in [0.05, 0.1) is 0 Å². The molecule has 1 rings (SSSR count). The largest absolute Gasteiger partial charge is 0.354 e. The average Bonchev–Trinajstić information content (AvgIpc) is 2.49. The second kappa shape index (κ2) is 11.3. The molecule has 1 amide bonds. The SMILES string of the molecule is CN=C(NCCNC(=O)C(C)C)N(C)Cc1ccccc1C.I. The molecule has 23 heavy (non-hydrogen) atoms. The summed E-state index contributed by atoms with van der Waals surface area (Å²) in [4.78, 5) is 17.9. The van der Waals surface area contributed by atoms with Crippen molar-refractivity contribution in [3.63, 3.8) is 0 Å². The highest BCUT2D eigenvalue weighted by atomic mass is 127. The van der Waals surface area contributed by atoms with E-state index in [1.807, 2.05) is 33.0 Å². The lowest BCUT2D eigenvalue weighted by molar-refractivity contribution is -0.123. The van der Waals surface area contributed by atoms with Gasteiger partial charge in [-0.05, 0) is 18.1 Å². The minimum Gasteiger partial charge on any atom is -0.354 e. The van der Waals surface area contributed by atoms with Gasteiger partial charge in [0.25, 0.3) is 0 Å². The molecule has 0 fully saturated rings.